The fourth-order valence-electron chi connectivity index (χ4n) is 5.22. The lowest BCUT2D eigenvalue weighted by Gasteiger charge is -2.39. The van der Waals surface area contributed by atoms with Crippen LogP contribution in [0.4, 0.5) is 13.2 Å². The first-order valence-corrected chi connectivity index (χ1v) is 12.5. The van der Waals surface area contributed by atoms with Crippen LogP contribution in [0.3, 0.4) is 0 Å². The molecule has 1 aliphatic heterocycles. The molecule has 0 saturated heterocycles. The van der Waals surface area contributed by atoms with Gasteiger partial charge in [-0.1, -0.05) is 48.5 Å². The van der Waals surface area contributed by atoms with Crippen LogP contribution in [0.25, 0.3) is 22.1 Å². The Morgan fingerprint density at radius 1 is 0.800 bits per heavy atom. The van der Waals surface area contributed by atoms with Gasteiger partial charge in [-0.05, 0) is 53.9 Å². The number of benzene rings is 4. The van der Waals surface area contributed by atoms with E-state index in [0.717, 1.165) is 16.8 Å². The number of fused-ring (bicyclic) bond motifs is 2. The van der Waals surface area contributed by atoms with Gasteiger partial charge in [0.05, 0.1) is 22.1 Å². The van der Waals surface area contributed by atoms with Crippen LogP contribution in [-0.2, 0) is 18.6 Å². The topological polar surface area (TPSA) is 57.9 Å². The lowest BCUT2D eigenvalue weighted by molar-refractivity contribution is -0.137. The molecule has 1 aliphatic carbocycles. The first-order valence-electron chi connectivity index (χ1n) is 12.5. The number of alkyl halides is 3. The number of hydrogen-bond donors (Lipinski definition) is 0. The first-order chi connectivity index (χ1) is 19.3. The number of furan rings is 1. The first kappa shape index (κ1) is 24.1. The van der Waals surface area contributed by atoms with Crippen LogP contribution in [0.15, 0.2) is 108 Å². The third-order valence-electron chi connectivity index (χ3n) is 6.98. The molecule has 8 heteroatoms. The summed E-state index contributed by atoms with van der Waals surface area (Å²) < 4.78 is 64.9. The maximum absolute atomic E-state index is 13.5. The van der Waals surface area contributed by atoms with Crippen LogP contribution in [0, 0.1) is 0 Å². The highest BCUT2D eigenvalue weighted by Crippen LogP contribution is 2.48. The molecule has 0 saturated carbocycles. The summed E-state index contributed by atoms with van der Waals surface area (Å²) in [4.78, 5) is 13.1. The molecule has 198 valence electrons. The minimum absolute atomic E-state index is 0.0661. The van der Waals surface area contributed by atoms with E-state index in [0.29, 0.717) is 22.8 Å². The van der Waals surface area contributed by atoms with Crippen molar-refractivity contribution in [1.29, 1.82) is 0 Å². The molecule has 5 nitrogen and oxygen atoms in total. The molecule has 0 atom stereocenters. The minimum Gasteiger partial charge on any atom is -0.485 e. The van der Waals surface area contributed by atoms with E-state index in [1.807, 2.05) is 36.4 Å². The van der Waals surface area contributed by atoms with Gasteiger partial charge in [-0.3, -0.25) is 4.79 Å². The van der Waals surface area contributed by atoms with Crippen molar-refractivity contribution >= 4 is 16.6 Å². The zero-order chi connectivity index (χ0) is 27.5. The zero-order valence-electron chi connectivity index (χ0n) is 20.7. The number of ketones is 1. The number of ether oxygens (including phenoxy) is 3. The van der Waals surface area contributed by atoms with Crippen LogP contribution in [-0.4, -0.2) is 5.78 Å². The summed E-state index contributed by atoms with van der Waals surface area (Å²) >= 11 is 0. The third-order valence-corrected chi connectivity index (χ3v) is 6.98. The average Bonchev–Trinajstić information content (AvgIpc) is 3.43. The van der Waals surface area contributed by atoms with E-state index in [9.17, 15) is 18.0 Å². The molecule has 1 spiro atoms. The van der Waals surface area contributed by atoms with Gasteiger partial charge in [0.15, 0.2) is 5.78 Å². The molecular weight excluding hydrogens is 521 g/mol. The maximum atomic E-state index is 13.5. The van der Waals surface area contributed by atoms with E-state index in [4.69, 9.17) is 18.6 Å². The molecule has 2 aliphatic rings. The minimum atomic E-state index is -4.53. The quantitative estimate of drug-likeness (QED) is 0.231. The summed E-state index contributed by atoms with van der Waals surface area (Å²) in [7, 11) is 0. The van der Waals surface area contributed by atoms with Gasteiger partial charge in [0, 0.05) is 11.6 Å². The summed E-state index contributed by atoms with van der Waals surface area (Å²) in [5, 5.41) is 1.81. The molecule has 0 amide bonds. The smallest absolute Gasteiger partial charge is 0.417 e. The highest BCUT2D eigenvalue weighted by atomic mass is 19.4. The summed E-state index contributed by atoms with van der Waals surface area (Å²) in [5.74, 6) is 0.199. The highest BCUT2D eigenvalue weighted by molar-refractivity contribution is 6.09. The number of carbonyl (C=O) groups is 1. The predicted octanol–water partition coefficient (Wildman–Crippen LogP) is 8.07. The number of allylic oxidation sites excluding steroid dienone is 1. The summed E-state index contributed by atoms with van der Waals surface area (Å²) in [6.07, 6.45) is -1.54. The molecule has 0 bridgehead atoms. The second-order valence-electron chi connectivity index (χ2n) is 9.46. The van der Waals surface area contributed by atoms with Crippen molar-refractivity contribution in [2.24, 2.45) is 0 Å². The van der Waals surface area contributed by atoms with Gasteiger partial charge >= 0.3 is 6.18 Å². The number of hydrogen-bond acceptors (Lipinski definition) is 5. The van der Waals surface area contributed by atoms with Crippen molar-refractivity contribution in [3.05, 3.63) is 126 Å². The van der Waals surface area contributed by atoms with Gasteiger partial charge in [0.2, 0.25) is 0 Å². The molecule has 40 heavy (non-hydrogen) atoms. The lowest BCUT2D eigenvalue weighted by Crippen LogP contribution is -2.42. The number of carbonyl (C=O) groups excluding carboxylic acids is 1. The Labute approximate surface area is 226 Å². The van der Waals surface area contributed by atoms with Crippen molar-refractivity contribution < 1.29 is 36.6 Å². The van der Waals surface area contributed by atoms with Crippen molar-refractivity contribution in [3.8, 4) is 28.6 Å². The Morgan fingerprint density at radius 3 is 2.27 bits per heavy atom. The van der Waals surface area contributed by atoms with Crippen molar-refractivity contribution in [1.82, 2.24) is 0 Å². The van der Waals surface area contributed by atoms with Crippen LogP contribution in [0.1, 0.15) is 27.2 Å². The lowest BCUT2D eigenvalue weighted by atomic mass is 9.89. The average molecular weight is 540 g/mol. The van der Waals surface area contributed by atoms with Crippen LogP contribution in [0.5, 0.6) is 17.2 Å². The Hall–Kier alpha value is -4.98. The molecule has 7 rings (SSSR count). The zero-order valence-corrected chi connectivity index (χ0v) is 20.7. The third kappa shape index (κ3) is 3.83. The fraction of sp³-hybridized carbons (Fsp3) is 0.0938. The molecule has 0 radical (unpaired) electrons. The van der Waals surface area contributed by atoms with Gasteiger partial charge in [-0.15, -0.1) is 0 Å². The van der Waals surface area contributed by atoms with Crippen molar-refractivity contribution in [2.45, 2.75) is 18.6 Å². The van der Waals surface area contributed by atoms with E-state index < -0.39 is 17.5 Å². The largest absolute Gasteiger partial charge is 0.485 e. The summed E-state index contributed by atoms with van der Waals surface area (Å²) in [6, 6.07) is 24.8. The Bertz CT molecular complexity index is 1790. The predicted molar refractivity (Wildman–Crippen MR) is 140 cm³/mol. The molecule has 0 N–H and O–H groups in total. The van der Waals surface area contributed by atoms with Gasteiger partial charge in [0.25, 0.3) is 5.79 Å². The number of rotatable bonds is 4. The molecule has 0 fully saturated rings. The summed E-state index contributed by atoms with van der Waals surface area (Å²) in [6.45, 7) is -0.113. The van der Waals surface area contributed by atoms with E-state index in [1.54, 1.807) is 30.3 Å². The van der Waals surface area contributed by atoms with E-state index >= 15 is 0 Å². The fourth-order valence-corrected chi connectivity index (χ4v) is 5.22. The Morgan fingerprint density at radius 2 is 1.52 bits per heavy atom. The van der Waals surface area contributed by atoms with Crippen molar-refractivity contribution in [3.63, 3.8) is 0 Å². The molecule has 1 aromatic heterocycles. The molecule has 4 aromatic carbocycles. The van der Waals surface area contributed by atoms with Gasteiger partial charge in [0.1, 0.15) is 35.4 Å². The van der Waals surface area contributed by atoms with Gasteiger partial charge in [-0.2, -0.15) is 13.2 Å². The van der Waals surface area contributed by atoms with E-state index in [1.165, 1.54) is 30.3 Å². The normalized spacial score (nSPS) is 15.0. The summed E-state index contributed by atoms with van der Waals surface area (Å²) in [5.41, 5.74) is -0.113. The molecule has 5 aromatic rings. The Balaban J connectivity index is 1.20. The van der Waals surface area contributed by atoms with E-state index in [-0.39, 0.29) is 35.0 Å². The molecule has 0 unspecified atom stereocenters. The monoisotopic (exact) mass is 540 g/mol. The van der Waals surface area contributed by atoms with Crippen molar-refractivity contribution in [2.75, 3.05) is 0 Å². The van der Waals surface area contributed by atoms with Crippen LogP contribution >= 0.6 is 0 Å². The van der Waals surface area contributed by atoms with Gasteiger partial charge < -0.3 is 18.6 Å². The van der Waals surface area contributed by atoms with Crippen LogP contribution < -0.4 is 14.2 Å². The molecular formula is C32H19F3O5. The Kier molecular flexibility index (Phi) is 5.28. The standard InChI is InChI=1S/C32H19F3O5/c33-32(34,35)22-9-2-1-8-21(22)25-15-14-20(38-25)18-37-26-11-5-10-23-30(26)24(36)16-17-31(23)39-27-12-3-6-19-7-4-13-28(40-31)29(19)27/h1-17H,18H2. The second kappa shape index (κ2) is 8.77. The maximum Gasteiger partial charge on any atom is 0.417 e. The second-order valence-corrected chi connectivity index (χ2v) is 9.46. The van der Waals surface area contributed by atoms with E-state index in [2.05, 4.69) is 0 Å². The van der Waals surface area contributed by atoms with Gasteiger partial charge in [-0.25, -0.2) is 0 Å². The highest BCUT2D eigenvalue weighted by Gasteiger charge is 2.45. The number of halogens is 3. The SMILES string of the molecule is O=C1C=CC2(Oc3cccc4cccc(c34)O2)c2cccc(OCc3ccc(-c4ccccc4C(F)(F)F)o3)c21. The van der Waals surface area contributed by atoms with Crippen LogP contribution in [0.2, 0.25) is 0 Å². The molecule has 2 heterocycles.